The number of hydrogen-bond acceptors (Lipinski definition) is 2. The van der Waals surface area contributed by atoms with Crippen molar-refractivity contribution in [3.8, 4) is 0 Å². The molecule has 0 amide bonds. The first-order valence-corrected chi connectivity index (χ1v) is 4.60. The lowest BCUT2D eigenvalue weighted by Crippen LogP contribution is -2.20. The Bertz CT molecular complexity index is 145. The second-order valence-corrected chi connectivity index (χ2v) is 3.41. The Morgan fingerprint density at radius 1 is 0.643 bits per heavy atom. The number of rotatable bonds is 0. The third kappa shape index (κ3) is 7.74. The van der Waals surface area contributed by atoms with E-state index in [0.717, 1.165) is 25.7 Å². The third-order valence-corrected chi connectivity index (χ3v) is 2.09. The highest BCUT2D eigenvalue weighted by Gasteiger charge is 2.00. The molecule has 0 aromatic rings. The Balaban J connectivity index is 0. The minimum Gasteiger partial charge on any atom is -0.327 e. The van der Waals surface area contributed by atoms with Crippen molar-refractivity contribution in [2.45, 2.75) is 37.8 Å². The first kappa shape index (κ1) is 16.8. The van der Waals surface area contributed by atoms with E-state index in [9.17, 15) is 0 Å². The summed E-state index contributed by atoms with van der Waals surface area (Å²) in [4.78, 5) is 0. The van der Waals surface area contributed by atoms with Gasteiger partial charge in [-0.05, 0) is 25.7 Å². The summed E-state index contributed by atoms with van der Waals surface area (Å²) in [6.45, 7) is 0. The summed E-state index contributed by atoms with van der Waals surface area (Å²) in [5, 5.41) is 0. The van der Waals surface area contributed by atoms with Gasteiger partial charge in [0.25, 0.3) is 0 Å². The van der Waals surface area contributed by atoms with Crippen LogP contribution in [0.1, 0.15) is 25.7 Å². The van der Waals surface area contributed by atoms with Gasteiger partial charge in [0, 0.05) is 12.1 Å². The van der Waals surface area contributed by atoms with E-state index >= 15 is 0 Å². The molecule has 2 nitrogen and oxygen atoms in total. The standard InChI is InChI=1S/C10H18N2.2BrH/c11-9-5-1-2-6-10(12)8-4-3-7-9;;/h1-4,9-10H,5-8,11-12H2;2*1H/b2-1-,4-3-;;. The van der Waals surface area contributed by atoms with Crippen LogP contribution in [-0.4, -0.2) is 12.1 Å². The lowest BCUT2D eigenvalue weighted by molar-refractivity contribution is 0.659. The zero-order valence-corrected chi connectivity index (χ0v) is 11.7. The second kappa shape index (κ2) is 9.90. The summed E-state index contributed by atoms with van der Waals surface area (Å²) in [6, 6.07) is 0.568. The summed E-state index contributed by atoms with van der Waals surface area (Å²) in [5.74, 6) is 0. The van der Waals surface area contributed by atoms with E-state index in [0.29, 0.717) is 0 Å². The Morgan fingerprint density at radius 3 is 1.07 bits per heavy atom. The smallest absolute Gasteiger partial charge is 0.0108 e. The van der Waals surface area contributed by atoms with E-state index in [-0.39, 0.29) is 46.0 Å². The molecule has 0 fully saturated rings. The van der Waals surface area contributed by atoms with Gasteiger partial charge in [0.1, 0.15) is 0 Å². The van der Waals surface area contributed by atoms with Crippen molar-refractivity contribution in [2.75, 3.05) is 0 Å². The molecular weight excluding hydrogens is 308 g/mol. The van der Waals surface area contributed by atoms with Gasteiger partial charge in [-0.3, -0.25) is 0 Å². The molecule has 0 aliphatic heterocycles. The molecule has 0 saturated carbocycles. The molecule has 0 heterocycles. The van der Waals surface area contributed by atoms with Gasteiger partial charge in [0.15, 0.2) is 0 Å². The van der Waals surface area contributed by atoms with Crippen LogP contribution in [0.4, 0.5) is 0 Å². The van der Waals surface area contributed by atoms with Crippen LogP contribution in [0.3, 0.4) is 0 Å². The monoisotopic (exact) mass is 326 g/mol. The Hall–Kier alpha value is 0.360. The molecule has 84 valence electrons. The van der Waals surface area contributed by atoms with Crippen molar-refractivity contribution in [1.82, 2.24) is 0 Å². The van der Waals surface area contributed by atoms with Crippen LogP contribution in [0, 0.1) is 0 Å². The van der Waals surface area contributed by atoms with Gasteiger partial charge in [0.2, 0.25) is 0 Å². The first-order valence-electron chi connectivity index (χ1n) is 4.60. The quantitative estimate of drug-likeness (QED) is 0.671. The molecule has 4 heteroatoms. The normalized spacial score (nSPS) is 31.9. The van der Waals surface area contributed by atoms with E-state index in [4.69, 9.17) is 11.5 Å². The van der Waals surface area contributed by atoms with Crippen molar-refractivity contribution in [2.24, 2.45) is 11.5 Å². The Labute approximate surface area is 107 Å². The van der Waals surface area contributed by atoms with Crippen molar-refractivity contribution < 1.29 is 0 Å². The van der Waals surface area contributed by atoms with E-state index in [2.05, 4.69) is 24.3 Å². The van der Waals surface area contributed by atoms with Gasteiger partial charge in [-0.25, -0.2) is 0 Å². The van der Waals surface area contributed by atoms with E-state index in [1.165, 1.54) is 0 Å². The van der Waals surface area contributed by atoms with Gasteiger partial charge in [-0.15, -0.1) is 34.0 Å². The summed E-state index contributed by atoms with van der Waals surface area (Å²) < 4.78 is 0. The molecule has 0 spiro atoms. The van der Waals surface area contributed by atoms with Crippen LogP contribution in [0.2, 0.25) is 0 Å². The molecular formula is C10H20Br2N2. The largest absolute Gasteiger partial charge is 0.327 e. The SMILES string of the molecule is Br.Br.NC1C/C=C\CC(N)C/C=C\C1. The van der Waals surface area contributed by atoms with Crippen molar-refractivity contribution >= 4 is 34.0 Å². The lowest BCUT2D eigenvalue weighted by atomic mass is 10.0. The predicted molar refractivity (Wildman–Crippen MR) is 73.3 cm³/mol. The highest BCUT2D eigenvalue weighted by Crippen LogP contribution is 2.05. The molecule has 0 aromatic heterocycles. The molecule has 1 rings (SSSR count). The fourth-order valence-electron chi connectivity index (χ4n) is 1.28. The molecule has 4 N–H and O–H groups in total. The van der Waals surface area contributed by atoms with Crippen LogP contribution in [0.25, 0.3) is 0 Å². The first-order chi connectivity index (χ1) is 5.79. The van der Waals surface area contributed by atoms with E-state index in [1.54, 1.807) is 0 Å². The van der Waals surface area contributed by atoms with Crippen LogP contribution < -0.4 is 11.5 Å². The van der Waals surface area contributed by atoms with Crippen molar-refractivity contribution in [1.29, 1.82) is 0 Å². The molecule has 1 aliphatic carbocycles. The molecule has 0 bridgehead atoms. The lowest BCUT2D eigenvalue weighted by Gasteiger charge is -2.09. The average Bonchev–Trinajstić information content (AvgIpc) is 2.06. The molecule has 14 heavy (non-hydrogen) atoms. The van der Waals surface area contributed by atoms with Gasteiger partial charge in [-0.2, -0.15) is 0 Å². The summed E-state index contributed by atoms with van der Waals surface area (Å²) in [6.07, 6.45) is 12.4. The van der Waals surface area contributed by atoms with Gasteiger partial charge in [0.05, 0.1) is 0 Å². The van der Waals surface area contributed by atoms with Crippen LogP contribution in [-0.2, 0) is 0 Å². The topological polar surface area (TPSA) is 52.0 Å². The molecule has 0 unspecified atom stereocenters. The predicted octanol–water partition coefficient (Wildman–Crippen LogP) is 2.48. The van der Waals surface area contributed by atoms with Crippen LogP contribution >= 0.6 is 34.0 Å². The number of nitrogens with two attached hydrogens (primary N) is 2. The maximum absolute atomic E-state index is 5.83. The van der Waals surface area contributed by atoms with Crippen LogP contribution in [0.5, 0.6) is 0 Å². The molecule has 0 radical (unpaired) electrons. The van der Waals surface area contributed by atoms with E-state index in [1.807, 2.05) is 0 Å². The molecule has 0 aromatic carbocycles. The van der Waals surface area contributed by atoms with Gasteiger partial charge >= 0.3 is 0 Å². The maximum atomic E-state index is 5.83. The van der Waals surface area contributed by atoms with E-state index < -0.39 is 0 Å². The molecule has 0 atom stereocenters. The Kier molecular flexibility index (Phi) is 11.9. The average molecular weight is 328 g/mol. The second-order valence-electron chi connectivity index (χ2n) is 3.41. The summed E-state index contributed by atoms with van der Waals surface area (Å²) in [5.41, 5.74) is 11.7. The summed E-state index contributed by atoms with van der Waals surface area (Å²) in [7, 11) is 0. The molecule has 0 saturated heterocycles. The Morgan fingerprint density at radius 2 is 0.857 bits per heavy atom. The maximum Gasteiger partial charge on any atom is 0.0108 e. The molecule has 1 aliphatic rings. The van der Waals surface area contributed by atoms with Crippen molar-refractivity contribution in [3.05, 3.63) is 24.3 Å². The number of hydrogen-bond donors (Lipinski definition) is 2. The fourth-order valence-corrected chi connectivity index (χ4v) is 1.28. The van der Waals surface area contributed by atoms with Crippen molar-refractivity contribution in [3.63, 3.8) is 0 Å². The minimum atomic E-state index is 0. The zero-order chi connectivity index (χ0) is 8.81. The minimum absolute atomic E-state index is 0. The van der Waals surface area contributed by atoms with Crippen LogP contribution in [0.15, 0.2) is 24.3 Å². The highest BCUT2D eigenvalue weighted by molar-refractivity contribution is 8.93. The number of halogens is 2. The fraction of sp³-hybridized carbons (Fsp3) is 0.600. The highest BCUT2D eigenvalue weighted by atomic mass is 79.9. The summed E-state index contributed by atoms with van der Waals surface area (Å²) >= 11 is 0. The third-order valence-electron chi connectivity index (χ3n) is 2.09. The zero-order valence-electron chi connectivity index (χ0n) is 8.26. The van der Waals surface area contributed by atoms with Gasteiger partial charge in [-0.1, -0.05) is 24.3 Å². The van der Waals surface area contributed by atoms with Gasteiger partial charge < -0.3 is 11.5 Å².